The molecule has 1 aromatic rings. The van der Waals surface area contributed by atoms with Crippen molar-refractivity contribution in [3.8, 4) is 0 Å². The molecule has 0 bridgehead atoms. The van der Waals surface area contributed by atoms with Crippen LogP contribution in [0, 0.1) is 5.92 Å². The molecule has 24 heavy (non-hydrogen) atoms. The van der Waals surface area contributed by atoms with Gasteiger partial charge in [0.2, 0.25) is 5.91 Å². The molecule has 1 aromatic carbocycles. The summed E-state index contributed by atoms with van der Waals surface area (Å²) in [5, 5.41) is 0. The molecule has 2 fully saturated rings. The van der Waals surface area contributed by atoms with Gasteiger partial charge in [0.05, 0.1) is 18.4 Å². The molecule has 2 saturated heterocycles. The van der Waals surface area contributed by atoms with E-state index in [9.17, 15) is 9.59 Å². The monoisotopic (exact) mass is 331 g/mol. The van der Waals surface area contributed by atoms with Crippen molar-refractivity contribution in [2.45, 2.75) is 31.1 Å². The van der Waals surface area contributed by atoms with Crippen molar-refractivity contribution in [1.82, 2.24) is 4.90 Å². The van der Waals surface area contributed by atoms with E-state index in [0.717, 1.165) is 5.56 Å². The lowest BCUT2D eigenvalue weighted by Gasteiger charge is -2.42. The molecule has 5 heteroatoms. The third-order valence-corrected chi connectivity index (χ3v) is 5.40. The van der Waals surface area contributed by atoms with Gasteiger partial charge >= 0.3 is 5.97 Å². The van der Waals surface area contributed by atoms with E-state index >= 15 is 0 Å². The third-order valence-electron chi connectivity index (χ3n) is 5.40. The van der Waals surface area contributed by atoms with Gasteiger partial charge in [-0.25, -0.2) is 0 Å². The molecule has 0 N–H and O–H groups in total. The molecule has 2 aliphatic heterocycles. The molecular formula is C19H25NO4. The summed E-state index contributed by atoms with van der Waals surface area (Å²) in [7, 11) is 1.42. The van der Waals surface area contributed by atoms with Crippen molar-refractivity contribution in [1.29, 1.82) is 0 Å². The highest BCUT2D eigenvalue weighted by atomic mass is 16.5. The number of hydrogen-bond donors (Lipinski definition) is 0. The average molecular weight is 331 g/mol. The van der Waals surface area contributed by atoms with Crippen molar-refractivity contribution in [3.63, 3.8) is 0 Å². The van der Waals surface area contributed by atoms with E-state index in [4.69, 9.17) is 9.47 Å². The number of carbonyl (C=O) groups excluding carboxylic acids is 2. The zero-order valence-electron chi connectivity index (χ0n) is 14.2. The van der Waals surface area contributed by atoms with E-state index in [1.165, 1.54) is 7.11 Å². The quantitative estimate of drug-likeness (QED) is 0.797. The number of likely N-dealkylation sites (tertiary alicyclic amines) is 1. The molecule has 0 radical (unpaired) electrons. The first-order valence-corrected chi connectivity index (χ1v) is 8.68. The Kier molecular flexibility index (Phi) is 5.19. The van der Waals surface area contributed by atoms with Crippen LogP contribution in [0.4, 0.5) is 0 Å². The molecule has 1 amide bonds. The molecular weight excluding hydrogens is 306 g/mol. The lowest BCUT2D eigenvalue weighted by atomic mass is 9.72. The fourth-order valence-electron chi connectivity index (χ4n) is 3.89. The van der Waals surface area contributed by atoms with Gasteiger partial charge in [0, 0.05) is 26.3 Å². The fourth-order valence-corrected chi connectivity index (χ4v) is 3.89. The number of hydrogen-bond acceptors (Lipinski definition) is 4. The molecule has 5 nitrogen and oxygen atoms in total. The van der Waals surface area contributed by atoms with Crippen LogP contribution in [0.25, 0.3) is 0 Å². The van der Waals surface area contributed by atoms with E-state index in [-0.39, 0.29) is 17.8 Å². The lowest BCUT2D eigenvalue weighted by molar-refractivity contribution is -0.151. The number of benzene rings is 1. The number of rotatable bonds is 3. The molecule has 0 aliphatic carbocycles. The topological polar surface area (TPSA) is 55.8 Å². The lowest BCUT2D eigenvalue weighted by Crippen LogP contribution is -2.52. The average Bonchev–Trinajstić information content (AvgIpc) is 2.68. The molecule has 0 saturated carbocycles. The van der Waals surface area contributed by atoms with Gasteiger partial charge in [-0.1, -0.05) is 30.3 Å². The maximum Gasteiger partial charge on any atom is 0.308 e. The number of ether oxygens (including phenoxy) is 2. The summed E-state index contributed by atoms with van der Waals surface area (Å²) in [6.07, 6.45) is 2.79. The maximum absolute atomic E-state index is 13.4. The van der Waals surface area contributed by atoms with Crippen LogP contribution < -0.4 is 0 Å². The minimum Gasteiger partial charge on any atom is -0.469 e. The summed E-state index contributed by atoms with van der Waals surface area (Å²) in [5.74, 6) is -0.0623. The summed E-state index contributed by atoms with van der Waals surface area (Å²) in [6.45, 7) is 2.46. The van der Waals surface area contributed by atoms with Gasteiger partial charge in [-0.05, 0) is 31.2 Å². The summed E-state index contributed by atoms with van der Waals surface area (Å²) in [5.41, 5.74) is 0.589. The van der Waals surface area contributed by atoms with Gasteiger partial charge in [0.1, 0.15) is 0 Å². The maximum atomic E-state index is 13.4. The second kappa shape index (κ2) is 7.34. The Labute approximate surface area is 142 Å². The van der Waals surface area contributed by atoms with Crippen molar-refractivity contribution < 1.29 is 19.1 Å². The largest absolute Gasteiger partial charge is 0.469 e. The molecule has 2 heterocycles. The Morgan fingerprint density at radius 3 is 2.33 bits per heavy atom. The second-order valence-corrected chi connectivity index (χ2v) is 6.65. The number of nitrogens with zero attached hydrogens (tertiary/aromatic N) is 1. The summed E-state index contributed by atoms with van der Waals surface area (Å²) in [4.78, 5) is 27.0. The smallest absolute Gasteiger partial charge is 0.308 e. The molecule has 130 valence electrons. The van der Waals surface area contributed by atoms with Crippen LogP contribution in [0.2, 0.25) is 0 Å². The van der Waals surface area contributed by atoms with Crippen LogP contribution >= 0.6 is 0 Å². The van der Waals surface area contributed by atoms with Gasteiger partial charge in [0.15, 0.2) is 0 Å². The Bertz CT molecular complexity index is 572. The standard InChI is InChI=1S/C19H25NO4/c1-23-17(21)15-7-11-20(12-8-15)18(22)19(9-13-24-14-10-19)16-5-3-2-4-6-16/h2-6,15H,7-14H2,1H3. The van der Waals surface area contributed by atoms with Crippen LogP contribution in [0.1, 0.15) is 31.2 Å². The first-order valence-electron chi connectivity index (χ1n) is 8.68. The minimum atomic E-state index is -0.488. The Hall–Kier alpha value is -1.88. The fraction of sp³-hybridized carbons (Fsp3) is 0.579. The molecule has 0 aromatic heterocycles. The van der Waals surface area contributed by atoms with E-state index in [1.54, 1.807) is 0 Å². The van der Waals surface area contributed by atoms with Gasteiger partial charge in [-0.3, -0.25) is 9.59 Å². The predicted octanol–water partition coefficient (Wildman–Crippen LogP) is 2.15. The van der Waals surface area contributed by atoms with Crippen LogP contribution in [0.15, 0.2) is 30.3 Å². The van der Waals surface area contributed by atoms with E-state index in [1.807, 2.05) is 35.2 Å². The second-order valence-electron chi connectivity index (χ2n) is 6.65. The zero-order chi connectivity index (χ0) is 17.0. The van der Waals surface area contributed by atoms with Crippen molar-refractivity contribution >= 4 is 11.9 Å². The molecule has 0 unspecified atom stereocenters. The Morgan fingerprint density at radius 1 is 1.12 bits per heavy atom. The third kappa shape index (κ3) is 3.18. The normalized spacial score (nSPS) is 21.3. The van der Waals surface area contributed by atoms with E-state index in [0.29, 0.717) is 52.0 Å². The van der Waals surface area contributed by atoms with Gasteiger partial charge < -0.3 is 14.4 Å². The van der Waals surface area contributed by atoms with Crippen molar-refractivity contribution in [2.75, 3.05) is 33.4 Å². The first-order chi connectivity index (χ1) is 11.7. The van der Waals surface area contributed by atoms with Gasteiger partial charge in [-0.15, -0.1) is 0 Å². The number of carbonyl (C=O) groups is 2. The molecule has 2 aliphatic rings. The number of piperidine rings is 1. The molecule has 0 atom stereocenters. The summed E-state index contributed by atoms with van der Waals surface area (Å²) < 4.78 is 10.3. The van der Waals surface area contributed by atoms with Crippen LogP contribution in [-0.4, -0.2) is 50.2 Å². The van der Waals surface area contributed by atoms with Gasteiger partial charge in [-0.2, -0.15) is 0 Å². The van der Waals surface area contributed by atoms with Crippen molar-refractivity contribution in [3.05, 3.63) is 35.9 Å². The summed E-state index contributed by atoms with van der Waals surface area (Å²) in [6, 6.07) is 10.0. The van der Waals surface area contributed by atoms with Crippen LogP contribution in [-0.2, 0) is 24.5 Å². The zero-order valence-corrected chi connectivity index (χ0v) is 14.2. The number of esters is 1. The molecule has 3 rings (SSSR count). The van der Waals surface area contributed by atoms with E-state index < -0.39 is 5.41 Å². The highest BCUT2D eigenvalue weighted by molar-refractivity contribution is 5.88. The predicted molar refractivity (Wildman–Crippen MR) is 89.5 cm³/mol. The van der Waals surface area contributed by atoms with Crippen molar-refractivity contribution in [2.24, 2.45) is 5.92 Å². The SMILES string of the molecule is COC(=O)C1CCN(C(=O)C2(c3ccccc3)CCOCC2)CC1. The Morgan fingerprint density at radius 2 is 1.75 bits per heavy atom. The Balaban J connectivity index is 1.77. The van der Waals surface area contributed by atoms with E-state index in [2.05, 4.69) is 0 Å². The highest BCUT2D eigenvalue weighted by Gasteiger charge is 2.44. The molecule has 0 spiro atoms. The van der Waals surface area contributed by atoms with Crippen LogP contribution in [0.5, 0.6) is 0 Å². The minimum absolute atomic E-state index is 0.0820. The number of methoxy groups -OCH3 is 1. The number of amides is 1. The van der Waals surface area contributed by atoms with Gasteiger partial charge in [0.25, 0.3) is 0 Å². The highest BCUT2D eigenvalue weighted by Crippen LogP contribution is 2.37. The van der Waals surface area contributed by atoms with Crippen LogP contribution in [0.3, 0.4) is 0 Å². The first kappa shape index (κ1) is 17.0. The summed E-state index contributed by atoms with van der Waals surface area (Å²) >= 11 is 0.